The van der Waals surface area contributed by atoms with Crippen LogP contribution in [0.2, 0.25) is 0 Å². The first-order valence-electron chi connectivity index (χ1n) is 6.60. The van der Waals surface area contributed by atoms with Gasteiger partial charge in [-0.1, -0.05) is 25.1 Å². The number of aliphatic carboxylic acids is 1. The third-order valence-corrected chi connectivity index (χ3v) is 4.41. The van der Waals surface area contributed by atoms with Crippen molar-refractivity contribution in [1.29, 1.82) is 0 Å². The summed E-state index contributed by atoms with van der Waals surface area (Å²) < 4.78 is 1.89. The molecule has 1 aromatic rings. The maximum absolute atomic E-state index is 10.6. The summed E-state index contributed by atoms with van der Waals surface area (Å²) >= 11 is 1.21. The first-order chi connectivity index (χ1) is 9.11. The van der Waals surface area contributed by atoms with Gasteiger partial charge in [0.2, 0.25) is 5.95 Å². The predicted octanol–water partition coefficient (Wildman–Crippen LogP) is 1.62. The van der Waals surface area contributed by atoms with Gasteiger partial charge in [0.1, 0.15) is 0 Å². The average molecular weight is 284 g/mol. The summed E-state index contributed by atoms with van der Waals surface area (Å²) in [5, 5.41) is 17.6. The zero-order valence-electron chi connectivity index (χ0n) is 11.4. The van der Waals surface area contributed by atoms with Crippen LogP contribution in [-0.4, -0.2) is 44.7 Å². The molecule has 1 saturated heterocycles. The largest absolute Gasteiger partial charge is 0.481 e. The van der Waals surface area contributed by atoms with Crippen molar-refractivity contribution in [3.8, 4) is 0 Å². The van der Waals surface area contributed by atoms with E-state index in [1.165, 1.54) is 31.0 Å². The summed E-state index contributed by atoms with van der Waals surface area (Å²) in [6.07, 6.45) is 3.68. The molecule has 19 heavy (non-hydrogen) atoms. The van der Waals surface area contributed by atoms with Gasteiger partial charge in [-0.25, -0.2) is 0 Å². The minimum atomic E-state index is -0.835. The van der Waals surface area contributed by atoms with Gasteiger partial charge in [0.15, 0.2) is 5.16 Å². The van der Waals surface area contributed by atoms with Crippen LogP contribution in [0.4, 0.5) is 5.95 Å². The van der Waals surface area contributed by atoms with Gasteiger partial charge in [0, 0.05) is 20.1 Å². The van der Waals surface area contributed by atoms with Gasteiger partial charge in [-0.2, -0.15) is 0 Å². The molecule has 0 spiro atoms. The van der Waals surface area contributed by atoms with E-state index in [4.69, 9.17) is 5.11 Å². The number of nitrogens with zero attached hydrogens (tertiary/aromatic N) is 4. The van der Waals surface area contributed by atoms with Crippen LogP contribution in [0.3, 0.4) is 0 Å². The molecule has 1 aliphatic rings. The molecule has 1 aromatic heterocycles. The molecule has 1 unspecified atom stereocenters. The van der Waals surface area contributed by atoms with E-state index in [1.54, 1.807) is 0 Å². The third kappa shape index (κ3) is 3.40. The molecule has 0 saturated carbocycles. The highest BCUT2D eigenvalue weighted by atomic mass is 32.2. The topological polar surface area (TPSA) is 71.2 Å². The first kappa shape index (κ1) is 14.2. The molecule has 1 atom stereocenters. The van der Waals surface area contributed by atoms with Crippen LogP contribution < -0.4 is 4.90 Å². The molecule has 6 nitrogen and oxygen atoms in total. The second-order valence-corrected chi connectivity index (χ2v) is 5.86. The maximum atomic E-state index is 10.6. The maximum Gasteiger partial charge on any atom is 0.313 e. The highest BCUT2D eigenvalue weighted by Gasteiger charge is 2.25. The fraction of sp³-hybridized carbons (Fsp3) is 0.750. The summed E-state index contributed by atoms with van der Waals surface area (Å²) in [6.45, 7) is 4.26. The molecule has 1 aliphatic heterocycles. The molecule has 2 heterocycles. The second kappa shape index (κ2) is 6.27. The van der Waals surface area contributed by atoms with Gasteiger partial charge in [0.25, 0.3) is 0 Å². The van der Waals surface area contributed by atoms with Crippen molar-refractivity contribution >= 4 is 23.7 Å². The Morgan fingerprint density at radius 3 is 3.00 bits per heavy atom. The van der Waals surface area contributed by atoms with Crippen LogP contribution in [0.25, 0.3) is 0 Å². The Morgan fingerprint density at radius 2 is 2.32 bits per heavy atom. The highest BCUT2D eigenvalue weighted by Crippen LogP contribution is 2.27. The number of carbonyl (C=O) groups is 1. The molecule has 0 radical (unpaired) electrons. The molecule has 0 aliphatic carbocycles. The van der Waals surface area contributed by atoms with E-state index in [2.05, 4.69) is 22.0 Å². The summed E-state index contributed by atoms with van der Waals surface area (Å²) in [4.78, 5) is 12.8. The third-order valence-electron chi connectivity index (χ3n) is 3.40. The van der Waals surface area contributed by atoms with Crippen molar-refractivity contribution < 1.29 is 9.90 Å². The second-order valence-electron chi connectivity index (χ2n) is 4.91. The van der Waals surface area contributed by atoms with Crippen LogP contribution in [0, 0.1) is 5.92 Å². The lowest BCUT2D eigenvalue weighted by atomic mass is 10.0. The minimum Gasteiger partial charge on any atom is -0.481 e. The summed E-state index contributed by atoms with van der Waals surface area (Å²) in [5.74, 6) is 0.784. The number of hydrogen-bond acceptors (Lipinski definition) is 5. The SMILES string of the molecule is CCCC1CCN(c2nnc(SCC(=O)O)n2C)C1. The minimum absolute atomic E-state index is 0.0183. The van der Waals surface area contributed by atoms with Crippen molar-refractivity contribution in [3.05, 3.63) is 0 Å². The molecule has 0 bridgehead atoms. The molecular formula is C12H20N4O2S. The van der Waals surface area contributed by atoms with Crippen LogP contribution in [-0.2, 0) is 11.8 Å². The Kier molecular flexibility index (Phi) is 4.68. The van der Waals surface area contributed by atoms with Gasteiger partial charge < -0.3 is 10.0 Å². The van der Waals surface area contributed by atoms with Crippen LogP contribution >= 0.6 is 11.8 Å². The van der Waals surface area contributed by atoms with Gasteiger partial charge >= 0.3 is 5.97 Å². The smallest absolute Gasteiger partial charge is 0.313 e. The van der Waals surface area contributed by atoms with E-state index in [9.17, 15) is 4.79 Å². The Labute approximate surface area is 117 Å². The van der Waals surface area contributed by atoms with E-state index >= 15 is 0 Å². The molecule has 1 fully saturated rings. The fourth-order valence-electron chi connectivity index (χ4n) is 2.49. The number of hydrogen-bond donors (Lipinski definition) is 1. The molecule has 1 N–H and O–H groups in total. The number of thioether (sulfide) groups is 1. The normalized spacial score (nSPS) is 19.1. The molecule has 7 heteroatoms. The molecule has 0 amide bonds. The average Bonchev–Trinajstić information content (AvgIpc) is 2.94. The Bertz CT molecular complexity index is 449. The van der Waals surface area contributed by atoms with Crippen molar-refractivity contribution in [1.82, 2.24) is 14.8 Å². The number of carboxylic acid groups (broad SMARTS) is 1. The zero-order chi connectivity index (χ0) is 13.8. The lowest BCUT2D eigenvalue weighted by Crippen LogP contribution is -2.23. The Balaban J connectivity index is 2.00. The van der Waals surface area contributed by atoms with Crippen LogP contribution in [0.5, 0.6) is 0 Å². The standard InChI is InChI=1S/C12H20N4O2S/c1-3-4-9-5-6-16(7-9)11-13-14-12(15(11)2)19-8-10(17)18/h9H,3-8H2,1-2H3,(H,17,18). The fourth-order valence-corrected chi connectivity index (χ4v) is 3.12. The van der Waals surface area contributed by atoms with Gasteiger partial charge in [-0.05, 0) is 18.8 Å². The Morgan fingerprint density at radius 1 is 1.53 bits per heavy atom. The highest BCUT2D eigenvalue weighted by molar-refractivity contribution is 7.99. The molecular weight excluding hydrogens is 264 g/mol. The zero-order valence-corrected chi connectivity index (χ0v) is 12.2. The van der Waals surface area contributed by atoms with Crippen molar-refractivity contribution in [2.24, 2.45) is 13.0 Å². The monoisotopic (exact) mass is 284 g/mol. The lowest BCUT2D eigenvalue weighted by Gasteiger charge is -2.16. The first-order valence-corrected chi connectivity index (χ1v) is 7.59. The van der Waals surface area contributed by atoms with Gasteiger partial charge in [-0.15, -0.1) is 10.2 Å². The van der Waals surface area contributed by atoms with Crippen molar-refractivity contribution in [2.45, 2.75) is 31.3 Å². The van der Waals surface area contributed by atoms with Crippen molar-refractivity contribution in [3.63, 3.8) is 0 Å². The number of anilines is 1. The van der Waals surface area contributed by atoms with Gasteiger partial charge in [-0.3, -0.25) is 9.36 Å². The number of carboxylic acids is 1. The summed E-state index contributed by atoms with van der Waals surface area (Å²) in [6, 6.07) is 0. The number of aromatic nitrogens is 3. The molecule has 106 valence electrons. The Hall–Kier alpha value is -1.24. The van der Waals surface area contributed by atoms with E-state index in [0.717, 1.165) is 25.0 Å². The lowest BCUT2D eigenvalue weighted by molar-refractivity contribution is -0.133. The molecule has 2 rings (SSSR count). The summed E-state index contributed by atoms with van der Waals surface area (Å²) in [5.41, 5.74) is 0. The van der Waals surface area contributed by atoms with E-state index in [0.29, 0.717) is 5.16 Å². The van der Waals surface area contributed by atoms with E-state index < -0.39 is 5.97 Å². The quantitative estimate of drug-likeness (QED) is 0.800. The van der Waals surface area contributed by atoms with Crippen LogP contribution in [0.1, 0.15) is 26.2 Å². The van der Waals surface area contributed by atoms with E-state index in [1.807, 2.05) is 11.6 Å². The van der Waals surface area contributed by atoms with Crippen LogP contribution in [0.15, 0.2) is 5.16 Å². The predicted molar refractivity (Wildman–Crippen MR) is 74.6 cm³/mol. The van der Waals surface area contributed by atoms with Crippen molar-refractivity contribution in [2.75, 3.05) is 23.7 Å². The molecule has 0 aromatic carbocycles. The summed E-state index contributed by atoms with van der Waals surface area (Å²) in [7, 11) is 1.90. The number of rotatable bonds is 6. The van der Waals surface area contributed by atoms with E-state index in [-0.39, 0.29) is 5.75 Å². The van der Waals surface area contributed by atoms with Gasteiger partial charge in [0.05, 0.1) is 5.75 Å².